The van der Waals surface area contributed by atoms with Gasteiger partial charge in [0.2, 0.25) is 5.91 Å². The van der Waals surface area contributed by atoms with Gasteiger partial charge in [0.1, 0.15) is 6.04 Å². The van der Waals surface area contributed by atoms with E-state index in [1.165, 1.54) is 0 Å². The molecule has 4 atom stereocenters. The van der Waals surface area contributed by atoms with E-state index in [0.717, 1.165) is 30.5 Å². The van der Waals surface area contributed by atoms with Crippen molar-refractivity contribution in [1.29, 1.82) is 0 Å². The zero-order valence-corrected chi connectivity index (χ0v) is 19.7. The number of hydrogen-bond donors (Lipinski definition) is 2. The molecule has 7 nitrogen and oxygen atoms in total. The maximum Gasteiger partial charge on any atom is 0.266 e. The number of nitrogens with zero attached hydrogens (tertiary/aromatic N) is 1. The van der Waals surface area contributed by atoms with E-state index < -0.39 is 12.0 Å². The molecular formula is C26H35N3O4. The molecule has 0 aliphatic carbocycles. The fourth-order valence-corrected chi connectivity index (χ4v) is 4.39. The van der Waals surface area contributed by atoms with Gasteiger partial charge in [-0.1, -0.05) is 67.6 Å². The second kappa shape index (κ2) is 12.5. The van der Waals surface area contributed by atoms with Crippen LogP contribution in [0.3, 0.4) is 0 Å². The number of ether oxygens (including phenoxy) is 1. The van der Waals surface area contributed by atoms with Crippen molar-refractivity contribution < 1.29 is 19.2 Å². The maximum absolute atomic E-state index is 13.2. The Morgan fingerprint density at radius 2 is 1.67 bits per heavy atom. The van der Waals surface area contributed by atoms with Gasteiger partial charge < -0.3 is 15.0 Å². The first kappa shape index (κ1) is 24.9. The van der Waals surface area contributed by atoms with Crippen LogP contribution in [-0.2, 0) is 32.2 Å². The summed E-state index contributed by atoms with van der Waals surface area (Å²) in [6, 6.07) is 18.6. The minimum Gasteiger partial charge on any atom is -0.379 e. The van der Waals surface area contributed by atoms with Crippen LogP contribution in [0.15, 0.2) is 60.7 Å². The molecule has 33 heavy (non-hydrogen) atoms. The summed E-state index contributed by atoms with van der Waals surface area (Å²) in [6.07, 6.45) is 2.20. The van der Waals surface area contributed by atoms with Gasteiger partial charge in [-0.2, -0.15) is 0 Å². The fourth-order valence-electron chi connectivity index (χ4n) is 4.39. The quantitative estimate of drug-likeness (QED) is 0.512. The highest BCUT2D eigenvalue weighted by Gasteiger charge is 2.37. The van der Waals surface area contributed by atoms with Crippen LogP contribution in [0.1, 0.15) is 30.9 Å². The van der Waals surface area contributed by atoms with Crippen LogP contribution >= 0.6 is 0 Å². The average Bonchev–Trinajstić information content (AvgIpc) is 3.25. The predicted molar refractivity (Wildman–Crippen MR) is 127 cm³/mol. The van der Waals surface area contributed by atoms with Crippen molar-refractivity contribution in [2.75, 3.05) is 20.7 Å². The van der Waals surface area contributed by atoms with Crippen molar-refractivity contribution in [3.8, 4) is 0 Å². The van der Waals surface area contributed by atoms with Crippen LogP contribution in [-0.4, -0.2) is 55.6 Å². The Labute approximate surface area is 196 Å². The molecular weight excluding hydrogens is 418 g/mol. The summed E-state index contributed by atoms with van der Waals surface area (Å²) in [5.41, 5.74) is 4.40. The molecule has 2 N–H and O–H groups in total. The van der Waals surface area contributed by atoms with Gasteiger partial charge in [0, 0.05) is 19.6 Å². The van der Waals surface area contributed by atoms with E-state index in [4.69, 9.17) is 9.57 Å². The molecule has 2 aromatic rings. The molecule has 2 amide bonds. The van der Waals surface area contributed by atoms with Crippen molar-refractivity contribution >= 4 is 11.8 Å². The summed E-state index contributed by atoms with van der Waals surface area (Å²) in [5, 5.41) is 2.94. The SMILES string of the molecule is COC(C(C)C(=O)NC(Cc1ccccc1)C(=O)NOCc1ccccc1)C1CCCN1C. The average molecular weight is 454 g/mol. The van der Waals surface area contributed by atoms with E-state index in [2.05, 4.69) is 22.7 Å². The van der Waals surface area contributed by atoms with Crippen molar-refractivity contribution in [3.05, 3.63) is 71.8 Å². The largest absolute Gasteiger partial charge is 0.379 e. The number of hydroxylamine groups is 1. The first-order valence-corrected chi connectivity index (χ1v) is 11.5. The number of likely N-dealkylation sites (N-methyl/N-ethyl adjacent to an activating group) is 1. The van der Waals surface area contributed by atoms with Gasteiger partial charge in [0.15, 0.2) is 0 Å². The number of amides is 2. The number of carbonyl (C=O) groups is 2. The fraction of sp³-hybridized carbons (Fsp3) is 0.462. The summed E-state index contributed by atoms with van der Waals surface area (Å²) in [4.78, 5) is 33.8. The molecule has 2 aromatic carbocycles. The van der Waals surface area contributed by atoms with Crippen molar-refractivity contribution in [2.45, 2.75) is 51.0 Å². The highest BCUT2D eigenvalue weighted by Crippen LogP contribution is 2.25. The molecule has 0 spiro atoms. The Bertz CT molecular complexity index is 878. The third kappa shape index (κ3) is 7.12. The zero-order valence-electron chi connectivity index (χ0n) is 19.7. The first-order chi connectivity index (χ1) is 16.0. The van der Waals surface area contributed by atoms with E-state index in [-0.39, 0.29) is 30.6 Å². The normalized spacial score (nSPS) is 18.9. The topological polar surface area (TPSA) is 79.9 Å². The van der Waals surface area contributed by atoms with Crippen LogP contribution in [0.2, 0.25) is 0 Å². The maximum atomic E-state index is 13.2. The van der Waals surface area contributed by atoms with Crippen molar-refractivity contribution in [3.63, 3.8) is 0 Å². The lowest BCUT2D eigenvalue weighted by molar-refractivity contribution is -0.141. The highest BCUT2D eigenvalue weighted by molar-refractivity contribution is 5.88. The van der Waals surface area contributed by atoms with E-state index in [0.29, 0.717) is 6.42 Å². The number of hydrogen-bond acceptors (Lipinski definition) is 5. The minimum absolute atomic E-state index is 0.186. The minimum atomic E-state index is -0.767. The number of methoxy groups -OCH3 is 1. The molecule has 0 saturated carbocycles. The molecule has 1 aliphatic rings. The highest BCUT2D eigenvalue weighted by atomic mass is 16.6. The molecule has 4 unspecified atom stereocenters. The third-order valence-electron chi connectivity index (χ3n) is 6.30. The van der Waals surface area contributed by atoms with Gasteiger partial charge in [-0.05, 0) is 37.6 Å². The lowest BCUT2D eigenvalue weighted by Crippen LogP contribution is -2.53. The summed E-state index contributed by atoms with van der Waals surface area (Å²) in [7, 11) is 3.70. The Kier molecular flexibility index (Phi) is 9.42. The first-order valence-electron chi connectivity index (χ1n) is 11.5. The Balaban J connectivity index is 1.64. The standard InChI is InChI=1S/C26H35N3O4/c1-19(24(32-3)23-15-10-16-29(23)2)25(30)27-22(17-20-11-6-4-7-12-20)26(31)28-33-18-21-13-8-5-9-14-21/h4-9,11-14,19,22-24H,10,15-18H2,1-3H3,(H,27,30)(H,28,31). The molecule has 178 valence electrons. The molecule has 3 rings (SSSR count). The monoisotopic (exact) mass is 453 g/mol. The Hall–Kier alpha value is -2.74. The van der Waals surface area contributed by atoms with E-state index in [1.807, 2.05) is 67.6 Å². The molecule has 0 radical (unpaired) electrons. The Morgan fingerprint density at radius 1 is 1.03 bits per heavy atom. The molecule has 7 heteroatoms. The van der Waals surface area contributed by atoms with Gasteiger partial charge in [0.05, 0.1) is 18.6 Å². The summed E-state index contributed by atoms with van der Waals surface area (Å²) in [5.74, 6) is -1.000. The van der Waals surface area contributed by atoms with Crippen molar-refractivity contribution in [1.82, 2.24) is 15.7 Å². The third-order valence-corrected chi connectivity index (χ3v) is 6.30. The van der Waals surface area contributed by atoms with Crippen LogP contribution in [0, 0.1) is 5.92 Å². The van der Waals surface area contributed by atoms with Crippen molar-refractivity contribution in [2.24, 2.45) is 5.92 Å². The molecule has 0 bridgehead atoms. The predicted octanol–water partition coefficient (Wildman–Crippen LogP) is 2.71. The van der Waals surface area contributed by atoms with Crippen LogP contribution in [0.25, 0.3) is 0 Å². The molecule has 1 heterocycles. The van der Waals surface area contributed by atoms with Gasteiger partial charge >= 0.3 is 0 Å². The van der Waals surface area contributed by atoms with Gasteiger partial charge in [-0.15, -0.1) is 0 Å². The summed E-state index contributed by atoms with van der Waals surface area (Å²) in [6.45, 7) is 3.10. The second-order valence-corrected chi connectivity index (χ2v) is 8.67. The number of benzene rings is 2. The van der Waals surface area contributed by atoms with Crippen LogP contribution in [0.4, 0.5) is 0 Å². The molecule has 1 aliphatic heterocycles. The lowest BCUT2D eigenvalue weighted by Gasteiger charge is -2.32. The van der Waals surface area contributed by atoms with E-state index >= 15 is 0 Å². The van der Waals surface area contributed by atoms with Gasteiger partial charge in [-0.25, -0.2) is 5.48 Å². The zero-order chi connectivity index (χ0) is 23.6. The number of rotatable bonds is 11. The van der Waals surface area contributed by atoms with Crippen LogP contribution < -0.4 is 10.8 Å². The van der Waals surface area contributed by atoms with Gasteiger partial charge in [0.25, 0.3) is 5.91 Å². The lowest BCUT2D eigenvalue weighted by atomic mass is 9.94. The van der Waals surface area contributed by atoms with E-state index in [9.17, 15) is 9.59 Å². The molecule has 1 fully saturated rings. The van der Waals surface area contributed by atoms with Gasteiger partial charge in [-0.3, -0.25) is 14.4 Å². The molecule has 0 aromatic heterocycles. The summed E-state index contributed by atoms with van der Waals surface area (Å²) >= 11 is 0. The number of nitrogens with one attached hydrogen (secondary N) is 2. The smallest absolute Gasteiger partial charge is 0.266 e. The number of likely N-dealkylation sites (tertiary alicyclic amines) is 1. The number of carbonyl (C=O) groups excluding carboxylic acids is 2. The van der Waals surface area contributed by atoms with E-state index in [1.54, 1.807) is 7.11 Å². The Morgan fingerprint density at radius 3 is 2.24 bits per heavy atom. The summed E-state index contributed by atoms with van der Waals surface area (Å²) < 4.78 is 5.73. The second-order valence-electron chi connectivity index (χ2n) is 8.67. The van der Waals surface area contributed by atoms with Crippen LogP contribution in [0.5, 0.6) is 0 Å². The molecule has 1 saturated heterocycles.